The van der Waals surface area contributed by atoms with Crippen molar-refractivity contribution in [1.82, 2.24) is 9.78 Å². The number of fused-ring (bicyclic) bond motifs is 2. The van der Waals surface area contributed by atoms with E-state index in [2.05, 4.69) is 29.4 Å². The summed E-state index contributed by atoms with van der Waals surface area (Å²) in [6.45, 7) is 0.449. The number of aromatic nitrogens is 2. The predicted molar refractivity (Wildman–Crippen MR) is 81.3 cm³/mol. The summed E-state index contributed by atoms with van der Waals surface area (Å²) >= 11 is 0. The van der Waals surface area contributed by atoms with Crippen LogP contribution in [0.25, 0.3) is 21.7 Å². The van der Waals surface area contributed by atoms with Gasteiger partial charge in [-0.1, -0.05) is 36.4 Å². The number of nitrogens with zero attached hydrogens (tertiary/aromatic N) is 2. The summed E-state index contributed by atoms with van der Waals surface area (Å²) in [6, 6.07) is 16.0. The zero-order valence-electron chi connectivity index (χ0n) is 11.2. The summed E-state index contributed by atoms with van der Waals surface area (Å²) in [5.41, 5.74) is 1.44. The summed E-state index contributed by atoms with van der Waals surface area (Å²) in [5.74, 6) is 0. The Labute approximate surface area is 120 Å². The molecule has 0 aliphatic rings. The van der Waals surface area contributed by atoms with Crippen molar-refractivity contribution < 1.29 is 4.42 Å². The fourth-order valence-electron chi connectivity index (χ4n) is 2.53. The minimum atomic E-state index is -0.130. The van der Waals surface area contributed by atoms with Crippen molar-refractivity contribution in [1.29, 1.82) is 0 Å². The van der Waals surface area contributed by atoms with Crippen LogP contribution in [0.5, 0.6) is 0 Å². The van der Waals surface area contributed by atoms with Crippen LogP contribution in [0, 0.1) is 0 Å². The molecule has 0 spiro atoms. The smallest absolute Gasteiger partial charge is 0.278 e. The van der Waals surface area contributed by atoms with Crippen LogP contribution in [-0.2, 0) is 6.54 Å². The standard InChI is InChI=1S/C17H12N2O2/c20-17-15-7-8-21-16(15)10-18-19(17)11-12-5-6-13-3-1-2-4-14(13)9-12/h1-10H,11H2. The minimum Gasteiger partial charge on any atom is -0.462 e. The van der Waals surface area contributed by atoms with E-state index in [9.17, 15) is 4.79 Å². The molecule has 0 fully saturated rings. The van der Waals surface area contributed by atoms with E-state index < -0.39 is 0 Å². The van der Waals surface area contributed by atoms with Gasteiger partial charge >= 0.3 is 0 Å². The first-order valence-corrected chi connectivity index (χ1v) is 6.72. The van der Waals surface area contributed by atoms with E-state index in [1.165, 1.54) is 16.3 Å². The van der Waals surface area contributed by atoms with E-state index in [-0.39, 0.29) is 5.56 Å². The monoisotopic (exact) mass is 276 g/mol. The van der Waals surface area contributed by atoms with E-state index in [0.717, 1.165) is 10.9 Å². The summed E-state index contributed by atoms with van der Waals surface area (Å²) in [6.07, 6.45) is 3.09. The fourth-order valence-corrected chi connectivity index (χ4v) is 2.53. The van der Waals surface area contributed by atoms with Crippen molar-refractivity contribution in [2.45, 2.75) is 6.54 Å². The molecule has 0 radical (unpaired) electrons. The van der Waals surface area contributed by atoms with Crippen LogP contribution >= 0.6 is 0 Å². The van der Waals surface area contributed by atoms with Gasteiger partial charge in [0.1, 0.15) is 0 Å². The van der Waals surface area contributed by atoms with Gasteiger partial charge in [-0.15, -0.1) is 0 Å². The quantitative estimate of drug-likeness (QED) is 0.565. The van der Waals surface area contributed by atoms with Gasteiger partial charge in [-0.3, -0.25) is 4.79 Å². The summed E-state index contributed by atoms with van der Waals surface area (Å²) in [7, 11) is 0. The predicted octanol–water partition coefficient (Wildman–Crippen LogP) is 3.19. The molecule has 0 unspecified atom stereocenters. The Kier molecular flexibility index (Phi) is 2.60. The second-order valence-corrected chi connectivity index (χ2v) is 4.99. The molecule has 0 saturated carbocycles. The summed E-state index contributed by atoms with van der Waals surface area (Å²) in [4.78, 5) is 12.3. The molecule has 4 nitrogen and oxygen atoms in total. The molecule has 102 valence electrons. The van der Waals surface area contributed by atoms with Gasteiger partial charge in [0.15, 0.2) is 5.58 Å². The molecule has 0 amide bonds. The number of hydrogen-bond acceptors (Lipinski definition) is 3. The summed E-state index contributed by atoms with van der Waals surface area (Å²) < 4.78 is 6.65. The van der Waals surface area contributed by atoms with Gasteiger partial charge < -0.3 is 4.42 Å². The SMILES string of the molecule is O=c1c2ccoc2cnn1Cc1ccc2ccccc2c1. The third-order valence-corrected chi connectivity index (χ3v) is 3.62. The number of furan rings is 1. The van der Waals surface area contributed by atoms with Crippen LogP contribution in [0.1, 0.15) is 5.56 Å². The van der Waals surface area contributed by atoms with Crippen molar-refractivity contribution in [2.24, 2.45) is 0 Å². The average molecular weight is 276 g/mol. The molecule has 21 heavy (non-hydrogen) atoms. The molecular formula is C17H12N2O2. The lowest BCUT2D eigenvalue weighted by molar-refractivity contribution is 0.598. The van der Waals surface area contributed by atoms with Crippen molar-refractivity contribution in [2.75, 3.05) is 0 Å². The van der Waals surface area contributed by atoms with Crippen molar-refractivity contribution in [3.05, 3.63) is 76.9 Å². The van der Waals surface area contributed by atoms with E-state index in [1.54, 1.807) is 12.3 Å². The van der Waals surface area contributed by atoms with Gasteiger partial charge in [-0.05, 0) is 28.5 Å². The molecule has 0 saturated heterocycles. The molecule has 4 rings (SSSR count). The Bertz CT molecular complexity index is 998. The molecule has 2 aromatic heterocycles. The minimum absolute atomic E-state index is 0.130. The Balaban J connectivity index is 1.78. The van der Waals surface area contributed by atoms with Gasteiger partial charge in [0, 0.05) is 0 Å². The molecule has 0 atom stereocenters. The van der Waals surface area contributed by atoms with E-state index in [0.29, 0.717) is 17.5 Å². The van der Waals surface area contributed by atoms with Crippen LogP contribution in [0.3, 0.4) is 0 Å². The van der Waals surface area contributed by atoms with Gasteiger partial charge in [0.2, 0.25) is 0 Å². The second-order valence-electron chi connectivity index (χ2n) is 4.99. The molecule has 0 bridgehead atoms. The van der Waals surface area contributed by atoms with Crippen LogP contribution in [0.15, 0.2) is 70.2 Å². The highest BCUT2D eigenvalue weighted by Crippen LogP contribution is 2.16. The highest BCUT2D eigenvalue weighted by molar-refractivity contribution is 5.83. The maximum atomic E-state index is 12.3. The Morgan fingerprint density at radius 1 is 1.05 bits per heavy atom. The average Bonchev–Trinajstić information content (AvgIpc) is 2.99. The van der Waals surface area contributed by atoms with Crippen molar-refractivity contribution in [3.63, 3.8) is 0 Å². The second kappa shape index (κ2) is 4.59. The third-order valence-electron chi connectivity index (χ3n) is 3.62. The zero-order chi connectivity index (χ0) is 14.2. The fraction of sp³-hybridized carbons (Fsp3) is 0.0588. The highest BCUT2D eigenvalue weighted by atomic mass is 16.3. The number of benzene rings is 2. The largest absolute Gasteiger partial charge is 0.462 e. The molecule has 0 N–H and O–H groups in total. The normalized spacial score (nSPS) is 11.2. The lowest BCUT2D eigenvalue weighted by atomic mass is 10.1. The maximum absolute atomic E-state index is 12.3. The first-order chi connectivity index (χ1) is 10.3. The maximum Gasteiger partial charge on any atom is 0.278 e. The first kappa shape index (κ1) is 11.9. The molecule has 4 heteroatoms. The molecule has 0 aliphatic carbocycles. The molecule has 2 aromatic carbocycles. The van der Waals surface area contributed by atoms with Gasteiger partial charge in [-0.25, -0.2) is 4.68 Å². The third kappa shape index (κ3) is 2.01. The number of rotatable bonds is 2. The van der Waals surface area contributed by atoms with Gasteiger partial charge in [0.05, 0.1) is 24.4 Å². The van der Waals surface area contributed by atoms with Crippen molar-refractivity contribution >= 4 is 21.7 Å². The Morgan fingerprint density at radius 2 is 1.90 bits per heavy atom. The lowest BCUT2D eigenvalue weighted by Gasteiger charge is -2.06. The topological polar surface area (TPSA) is 48.0 Å². The molecule has 4 aromatic rings. The molecule has 2 heterocycles. The Morgan fingerprint density at radius 3 is 2.81 bits per heavy atom. The first-order valence-electron chi connectivity index (χ1n) is 6.72. The van der Waals surface area contributed by atoms with E-state index in [1.807, 2.05) is 18.2 Å². The van der Waals surface area contributed by atoms with Crippen LogP contribution in [0.4, 0.5) is 0 Å². The zero-order valence-corrected chi connectivity index (χ0v) is 11.2. The van der Waals surface area contributed by atoms with Gasteiger partial charge in [0.25, 0.3) is 5.56 Å². The molecular weight excluding hydrogens is 264 g/mol. The highest BCUT2D eigenvalue weighted by Gasteiger charge is 2.07. The summed E-state index contributed by atoms with van der Waals surface area (Å²) in [5, 5.41) is 7.07. The molecule has 0 aliphatic heterocycles. The number of hydrogen-bond donors (Lipinski definition) is 0. The van der Waals surface area contributed by atoms with E-state index in [4.69, 9.17) is 4.42 Å². The lowest BCUT2D eigenvalue weighted by Crippen LogP contribution is -2.22. The van der Waals surface area contributed by atoms with E-state index >= 15 is 0 Å². The van der Waals surface area contributed by atoms with Gasteiger partial charge in [-0.2, -0.15) is 5.10 Å². The van der Waals surface area contributed by atoms with Crippen molar-refractivity contribution in [3.8, 4) is 0 Å². The van der Waals surface area contributed by atoms with Crippen LogP contribution in [-0.4, -0.2) is 9.78 Å². The Hall–Kier alpha value is -2.88. The van der Waals surface area contributed by atoms with Crippen LogP contribution < -0.4 is 5.56 Å². The van der Waals surface area contributed by atoms with Crippen LogP contribution in [0.2, 0.25) is 0 Å².